The average Bonchev–Trinajstić information content (AvgIpc) is 3.11. The van der Waals surface area contributed by atoms with Gasteiger partial charge in [0.25, 0.3) is 11.6 Å². The van der Waals surface area contributed by atoms with Gasteiger partial charge in [0.2, 0.25) is 0 Å². The topological polar surface area (TPSA) is 119 Å². The molecule has 2 heterocycles. The van der Waals surface area contributed by atoms with Crippen molar-refractivity contribution in [3.05, 3.63) is 52.3 Å². The number of rotatable bonds is 4. The molecule has 1 N–H and O–H groups in total. The molecule has 1 saturated heterocycles. The number of carboxylic acid groups (broad SMARTS) is 1. The standard InChI is InChI=1S/C16H16N4O5/c21-15(18-7-4-11(5-8-18)16(22)23)14-6-9-19(17-14)12-2-1-3-13(10-12)20(24)25/h1-3,6,9-11H,4-5,7-8H2,(H,22,23). The van der Waals surface area contributed by atoms with Gasteiger partial charge in [0, 0.05) is 31.4 Å². The largest absolute Gasteiger partial charge is 0.481 e. The van der Waals surface area contributed by atoms with Gasteiger partial charge in [0.15, 0.2) is 5.69 Å². The Morgan fingerprint density at radius 3 is 2.60 bits per heavy atom. The number of carbonyl (C=O) groups is 2. The SMILES string of the molecule is O=C(O)C1CCN(C(=O)c2ccn(-c3cccc([N+](=O)[O-])c3)n2)CC1. The summed E-state index contributed by atoms with van der Waals surface area (Å²) in [6.07, 6.45) is 2.41. The van der Waals surface area contributed by atoms with Crippen molar-refractivity contribution in [2.24, 2.45) is 5.92 Å². The smallest absolute Gasteiger partial charge is 0.306 e. The molecular weight excluding hydrogens is 328 g/mol. The van der Waals surface area contributed by atoms with E-state index in [4.69, 9.17) is 5.11 Å². The fraction of sp³-hybridized carbons (Fsp3) is 0.312. The average molecular weight is 344 g/mol. The first kappa shape index (κ1) is 16.6. The number of aromatic nitrogens is 2. The summed E-state index contributed by atoms with van der Waals surface area (Å²) in [6.45, 7) is 0.749. The molecule has 3 rings (SSSR count). The predicted molar refractivity (Wildman–Crippen MR) is 86.5 cm³/mol. The molecule has 1 amide bonds. The van der Waals surface area contributed by atoms with Crippen LogP contribution in [0.5, 0.6) is 0 Å². The van der Waals surface area contributed by atoms with Crippen LogP contribution in [0.15, 0.2) is 36.5 Å². The highest BCUT2D eigenvalue weighted by atomic mass is 16.6. The second kappa shape index (κ2) is 6.71. The molecule has 1 fully saturated rings. The third-order valence-corrected chi connectivity index (χ3v) is 4.24. The summed E-state index contributed by atoms with van der Waals surface area (Å²) in [7, 11) is 0. The third kappa shape index (κ3) is 3.49. The van der Waals surface area contributed by atoms with Crippen LogP contribution in [0.25, 0.3) is 5.69 Å². The first-order valence-corrected chi connectivity index (χ1v) is 7.78. The molecule has 9 nitrogen and oxygen atoms in total. The lowest BCUT2D eigenvalue weighted by atomic mass is 9.97. The van der Waals surface area contributed by atoms with Gasteiger partial charge in [-0.25, -0.2) is 4.68 Å². The quantitative estimate of drug-likeness (QED) is 0.666. The lowest BCUT2D eigenvalue weighted by molar-refractivity contribution is -0.384. The van der Waals surface area contributed by atoms with Crippen LogP contribution in [0.1, 0.15) is 23.3 Å². The molecule has 2 aromatic rings. The Hall–Kier alpha value is -3.23. The fourth-order valence-corrected chi connectivity index (χ4v) is 2.82. The van der Waals surface area contributed by atoms with Gasteiger partial charge < -0.3 is 10.0 Å². The number of aliphatic carboxylic acids is 1. The Labute approximate surface area is 142 Å². The molecule has 25 heavy (non-hydrogen) atoms. The van der Waals surface area contributed by atoms with Crippen molar-refractivity contribution in [2.45, 2.75) is 12.8 Å². The highest BCUT2D eigenvalue weighted by molar-refractivity contribution is 5.92. The lowest BCUT2D eigenvalue weighted by Crippen LogP contribution is -2.40. The van der Waals surface area contributed by atoms with Crippen molar-refractivity contribution in [1.82, 2.24) is 14.7 Å². The van der Waals surface area contributed by atoms with Crippen LogP contribution in [0.3, 0.4) is 0 Å². The molecule has 0 aliphatic carbocycles. The number of hydrogen-bond donors (Lipinski definition) is 1. The number of amides is 1. The van der Waals surface area contributed by atoms with Gasteiger partial charge in [-0.2, -0.15) is 5.10 Å². The summed E-state index contributed by atoms with van der Waals surface area (Å²) in [6, 6.07) is 7.51. The summed E-state index contributed by atoms with van der Waals surface area (Å²) < 4.78 is 1.41. The van der Waals surface area contributed by atoms with Crippen LogP contribution in [-0.2, 0) is 4.79 Å². The van der Waals surface area contributed by atoms with Gasteiger partial charge in [-0.1, -0.05) is 6.07 Å². The number of nitro benzene ring substituents is 1. The minimum Gasteiger partial charge on any atom is -0.481 e. The number of non-ortho nitro benzene ring substituents is 1. The molecule has 9 heteroatoms. The molecule has 1 aliphatic heterocycles. The van der Waals surface area contributed by atoms with Gasteiger partial charge in [-0.15, -0.1) is 0 Å². The molecule has 0 spiro atoms. The number of nitrogens with zero attached hydrogens (tertiary/aromatic N) is 4. The highest BCUT2D eigenvalue weighted by Crippen LogP contribution is 2.20. The molecule has 0 saturated carbocycles. The van der Waals surface area contributed by atoms with E-state index < -0.39 is 16.8 Å². The number of benzene rings is 1. The van der Waals surface area contributed by atoms with E-state index in [0.29, 0.717) is 31.6 Å². The summed E-state index contributed by atoms with van der Waals surface area (Å²) in [5, 5.41) is 24.1. The summed E-state index contributed by atoms with van der Waals surface area (Å²) in [5.74, 6) is -1.51. The van der Waals surface area contributed by atoms with Crippen LogP contribution >= 0.6 is 0 Å². The van der Waals surface area contributed by atoms with Gasteiger partial charge in [-0.05, 0) is 25.0 Å². The van der Waals surface area contributed by atoms with E-state index in [9.17, 15) is 19.7 Å². The maximum atomic E-state index is 12.5. The maximum absolute atomic E-state index is 12.5. The van der Waals surface area contributed by atoms with Crippen LogP contribution in [0.4, 0.5) is 5.69 Å². The number of carboxylic acids is 1. The number of likely N-dealkylation sites (tertiary alicyclic amines) is 1. The normalized spacial score (nSPS) is 15.1. The van der Waals surface area contributed by atoms with Gasteiger partial charge in [-0.3, -0.25) is 19.7 Å². The van der Waals surface area contributed by atoms with Gasteiger partial charge >= 0.3 is 5.97 Å². The monoisotopic (exact) mass is 344 g/mol. The molecule has 0 radical (unpaired) electrons. The van der Waals surface area contributed by atoms with Crippen molar-refractivity contribution in [1.29, 1.82) is 0 Å². The zero-order valence-corrected chi connectivity index (χ0v) is 13.2. The van der Waals surface area contributed by atoms with Crippen molar-refractivity contribution >= 4 is 17.6 Å². The number of hydrogen-bond acceptors (Lipinski definition) is 5. The van der Waals surface area contributed by atoms with Crippen LogP contribution in [-0.4, -0.2) is 49.7 Å². The van der Waals surface area contributed by atoms with Crippen molar-refractivity contribution in [3.8, 4) is 5.69 Å². The fourth-order valence-electron chi connectivity index (χ4n) is 2.82. The molecule has 0 atom stereocenters. The van der Waals surface area contributed by atoms with E-state index >= 15 is 0 Å². The van der Waals surface area contributed by atoms with Crippen LogP contribution < -0.4 is 0 Å². The molecule has 130 valence electrons. The van der Waals surface area contributed by atoms with Crippen molar-refractivity contribution < 1.29 is 19.6 Å². The van der Waals surface area contributed by atoms with E-state index in [0.717, 1.165) is 0 Å². The number of nitro groups is 1. The van der Waals surface area contributed by atoms with Gasteiger partial charge in [0.05, 0.1) is 16.5 Å². The molecule has 1 aliphatic rings. The zero-order chi connectivity index (χ0) is 18.0. The number of carbonyl (C=O) groups excluding carboxylic acids is 1. The van der Waals surface area contributed by atoms with E-state index in [2.05, 4.69) is 5.10 Å². The lowest BCUT2D eigenvalue weighted by Gasteiger charge is -2.29. The van der Waals surface area contributed by atoms with E-state index in [1.165, 1.54) is 16.8 Å². The van der Waals surface area contributed by atoms with E-state index in [-0.39, 0.29) is 17.3 Å². The molecular formula is C16H16N4O5. The Morgan fingerprint density at radius 2 is 1.96 bits per heavy atom. The minimum absolute atomic E-state index is 0.0587. The van der Waals surface area contributed by atoms with Crippen molar-refractivity contribution in [2.75, 3.05) is 13.1 Å². The summed E-state index contributed by atoms with van der Waals surface area (Å²) in [5.41, 5.74) is 0.648. The minimum atomic E-state index is -0.831. The number of piperidine rings is 1. The summed E-state index contributed by atoms with van der Waals surface area (Å²) in [4.78, 5) is 35.4. The Balaban J connectivity index is 1.73. The zero-order valence-electron chi connectivity index (χ0n) is 13.2. The van der Waals surface area contributed by atoms with Crippen molar-refractivity contribution in [3.63, 3.8) is 0 Å². The van der Waals surface area contributed by atoms with E-state index in [1.807, 2.05) is 0 Å². The molecule has 0 unspecified atom stereocenters. The Bertz CT molecular complexity index is 823. The Morgan fingerprint density at radius 1 is 1.24 bits per heavy atom. The second-order valence-corrected chi connectivity index (χ2v) is 5.83. The van der Waals surface area contributed by atoms with E-state index in [1.54, 1.807) is 29.3 Å². The molecule has 1 aromatic heterocycles. The first-order valence-electron chi connectivity index (χ1n) is 7.78. The Kier molecular flexibility index (Phi) is 4.46. The maximum Gasteiger partial charge on any atom is 0.306 e. The predicted octanol–water partition coefficient (Wildman–Crippen LogP) is 1.72. The second-order valence-electron chi connectivity index (χ2n) is 5.83. The third-order valence-electron chi connectivity index (χ3n) is 4.24. The molecule has 1 aromatic carbocycles. The van der Waals surface area contributed by atoms with Gasteiger partial charge in [0.1, 0.15) is 0 Å². The highest BCUT2D eigenvalue weighted by Gasteiger charge is 2.28. The van der Waals surface area contributed by atoms with Crippen LogP contribution in [0.2, 0.25) is 0 Å². The first-order chi connectivity index (χ1) is 12.0. The molecule has 0 bridgehead atoms. The summed E-state index contributed by atoms with van der Waals surface area (Å²) >= 11 is 0. The van der Waals surface area contributed by atoms with Crippen LogP contribution in [0, 0.1) is 16.0 Å².